The smallest absolute Gasteiger partial charge is 0.269 e. The number of nitrogens with one attached hydrogen (secondary N) is 1. The monoisotopic (exact) mass is 317 g/mol. The first kappa shape index (κ1) is 15.5. The quantitative estimate of drug-likeness (QED) is 0.682. The summed E-state index contributed by atoms with van der Waals surface area (Å²) < 4.78 is 0. The number of carbonyl (C=O) groups is 1. The van der Waals surface area contributed by atoms with Gasteiger partial charge in [0.1, 0.15) is 0 Å². The van der Waals surface area contributed by atoms with Crippen LogP contribution < -0.4 is 5.32 Å². The molecule has 1 aromatic carbocycles. The van der Waals surface area contributed by atoms with Crippen molar-refractivity contribution in [1.82, 2.24) is 5.32 Å². The Bertz CT molecular complexity index is 621. The molecule has 1 heterocycles. The van der Waals surface area contributed by atoms with Crippen molar-refractivity contribution in [3.05, 3.63) is 39.9 Å². The molecular formula is C16H19N3O4. The molecule has 23 heavy (non-hydrogen) atoms. The van der Waals surface area contributed by atoms with E-state index in [0.717, 1.165) is 31.2 Å². The van der Waals surface area contributed by atoms with E-state index in [1.807, 2.05) is 0 Å². The molecule has 1 aromatic rings. The van der Waals surface area contributed by atoms with E-state index in [4.69, 9.17) is 4.84 Å². The third kappa shape index (κ3) is 3.67. The zero-order valence-electron chi connectivity index (χ0n) is 12.7. The molecular weight excluding hydrogens is 298 g/mol. The predicted molar refractivity (Wildman–Crippen MR) is 84.1 cm³/mol. The fraction of sp³-hybridized carbons (Fsp3) is 0.500. The van der Waals surface area contributed by atoms with Crippen LogP contribution in [0, 0.1) is 10.1 Å². The second-order valence-corrected chi connectivity index (χ2v) is 5.98. The van der Waals surface area contributed by atoms with Crippen LogP contribution in [0.15, 0.2) is 29.4 Å². The molecule has 0 radical (unpaired) electrons. The summed E-state index contributed by atoms with van der Waals surface area (Å²) in [6, 6.07) is 6.34. The Morgan fingerprint density at radius 3 is 2.57 bits per heavy atom. The van der Waals surface area contributed by atoms with Crippen molar-refractivity contribution in [3.8, 4) is 0 Å². The van der Waals surface area contributed by atoms with Gasteiger partial charge >= 0.3 is 0 Å². The first-order chi connectivity index (χ1) is 11.1. The van der Waals surface area contributed by atoms with Crippen LogP contribution in [0.5, 0.6) is 0 Å². The topological polar surface area (TPSA) is 93.8 Å². The van der Waals surface area contributed by atoms with Gasteiger partial charge in [-0.1, -0.05) is 24.4 Å². The van der Waals surface area contributed by atoms with Crippen molar-refractivity contribution in [1.29, 1.82) is 0 Å². The molecule has 1 amide bonds. The van der Waals surface area contributed by atoms with Crippen molar-refractivity contribution in [2.75, 3.05) is 0 Å². The molecule has 1 aliphatic carbocycles. The summed E-state index contributed by atoms with van der Waals surface area (Å²) in [5, 5.41) is 17.7. The van der Waals surface area contributed by atoms with Crippen LogP contribution in [0.4, 0.5) is 5.69 Å². The van der Waals surface area contributed by atoms with Gasteiger partial charge in [0.25, 0.3) is 11.6 Å². The van der Waals surface area contributed by atoms with Gasteiger partial charge in [-0.3, -0.25) is 14.9 Å². The fourth-order valence-corrected chi connectivity index (χ4v) is 3.01. The molecule has 7 nitrogen and oxygen atoms in total. The van der Waals surface area contributed by atoms with Crippen LogP contribution in [0.25, 0.3) is 0 Å². The van der Waals surface area contributed by atoms with Crippen LogP contribution in [0.2, 0.25) is 0 Å². The Hall–Kier alpha value is -2.44. The number of nitro groups is 1. The number of rotatable bonds is 4. The second-order valence-electron chi connectivity index (χ2n) is 5.98. The molecule has 122 valence electrons. The number of amides is 1. The number of benzene rings is 1. The molecule has 2 aliphatic rings. The van der Waals surface area contributed by atoms with Crippen LogP contribution in [-0.4, -0.2) is 28.7 Å². The highest BCUT2D eigenvalue weighted by Gasteiger charge is 2.30. The standard InChI is InChI=1S/C16H19N3O4/c20-16(17-12-4-2-1-3-5-12)15-10-14(18-23-15)11-6-8-13(9-7-11)19(21)22/h6-9,12,15H,1-5,10H2,(H,17,20). The Morgan fingerprint density at radius 2 is 1.91 bits per heavy atom. The zero-order chi connectivity index (χ0) is 16.2. The normalized spacial score (nSPS) is 21.4. The molecule has 1 atom stereocenters. The number of hydrogen-bond donors (Lipinski definition) is 1. The summed E-state index contributed by atoms with van der Waals surface area (Å²) in [4.78, 5) is 27.7. The van der Waals surface area contributed by atoms with Gasteiger partial charge < -0.3 is 10.2 Å². The van der Waals surface area contributed by atoms with Gasteiger partial charge in [0.2, 0.25) is 6.10 Å². The van der Waals surface area contributed by atoms with Gasteiger partial charge in [0.05, 0.1) is 10.6 Å². The summed E-state index contributed by atoms with van der Waals surface area (Å²) in [6.45, 7) is 0. The minimum absolute atomic E-state index is 0.0276. The average molecular weight is 317 g/mol. The molecule has 1 fully saturated rings. The highest BCUT2D eigenvalue weighted by molar-refractivity contribution is 6.04. The molecule has 0 saturated heterocycles. The van der Waals surface area contributed by atoms with Crippen molar-refractivity contribution < 1.29 is 14.6 Å². The summed E-state index contributed by atoms with van der Waals surface area (Å²) in [5.74, 6) is -0.127. The maximum absolute atomic E-state index is 12.2. The fourth-order valence-electron chi connectivity index (χ4n) is 3.01. The lowest BCUT2D eigenvalue weighted by Gasteiger charge is -2.23. The number of oxime groups is 1. The van der Waals surface area contributed by atoms with E-state index < -0.39 is 11.0 Å². The van der Waals surface area contributed by atoms with Gasteiger partial charge in [0, 0.05) is 24.6 Å². The lowest BCUT2D eigenvalue weighted by atomic mass is 9.95. The van der Waals surface area contributed by atoms with E-state index in [-0.39, 0.29) is 17.6 Å². The van der Waals surface area contributed by atoms with Gasteiger partial charge in [-0.15, -0.1) is 0 Å². The minimum atomic E-state index is -0.609. The second kappa shape index (κ2) is 6.76. The third-order valence-corrected chi connectivity index (χ3v) is 4.32. The number of nitro benzene ring substituents is 1. The maximum atomic E-state index is 12.2. The zero-order valence-corrected chi connectivity index (χ0v) is 12.7. The van der Waals surface area contributed by atoms with Crippen LogP contribution in [-0.2, 0) is 9.63 Å². The van der Waals surface area contributed by atoms with Crippen LogP contribution >= 0.6 is 0 Å². The molecule has 1 aliphatic heterocycles. The number of hydrogen-bond acceptors (Lipinski definition) is 5. The van der Waals surface area contributed by atoms with Crippen molar-refractivity contribution in [2.45, 2.75) is 50.7 Å². The van der Waals surface area contributed by atoms with Gasteiger partial charge in [-0.2, -0.15) is 0 Å². The molecule has 1 N–H and O–H groups in total. The van der Waals surface area contributed by atoms with Gasteiger partial charge in [0.15, 0.2) is 0 Å². The Morgan fingerprint density at radius 1 is 1.22 bits per heavy atom. The summed E-state index contributed by atoms with van der Waals surface area (Å²) in [5.41, 5.74) is 1.41. The molecule has 7 heteroatoms. The van der Waals surface area contributed by atoms with E-state index in [1.54, 1.807) is 12.1 Å². The minimum Gasteiger partial charge on any atom is -0.382 e. The Kier molecular flexibility index (Phi) is 4.55. The molecule has 3 rings (SSSR count). The molecule has 0 bridgehead atoms. The lowest BCUT2D eigenvalue weighted by molar-refractivity contribution is -0.384. The van der Waals surface area contributed by atoms with E-state index in [0.29, 0.717) is 12.1 Å². The summed E-state index contributed by atoms with van der Waals surface area (Å²) in [6.07, 6.45) is 5.36. The molecule has 0 spiro atoms. The van der Waals surface area contributed by atoms with Crippen LogP contribution in [0.3, 0.4) is 0 Å². The van der Waals surface area contributed by atoms with E-state index in [2.05, 4.69) is 10.5 Å². The summed E-state index contributed by atoms with van der Waals surface area (Å²) in [7, 11) is 0. The average Bonchev–Trinajstić information content (AvgIpc) is 3.06. The highest BCUT2D eigenvalue weighted by atomic mass is 16.6. The highest BCUT2D eigenvalue weighted by Crippen LogP contribution is 2.21. The van der Waals surface area contributed by atoms with E-state index in [1.165, 1.54) is 18.6 Å². The molecule has 0 aromatic heterocycles. The third-order valence-electron chi connectivity index (χ3n) is 4.32. The number of non-ortho nitro benzene ring substituents is 1. The van der Waals surface area contributed by atoms with Gasteiger partial charge in [-0.05, 0) is 30.5 Å². The number of nitrogens with zero attached hydrogens (tertiary/aromatic N) is 2. The van der Waals surface area contributed by atoms with Crippen molar-refractivity contribution >= 4 is 17.3 Å². The van der Waals surface area contributed by atoms with Crippen molar-refractivity contribution in [2.24, 2.45) is 5.16 Å². The Labute approximate surface area is 133 Å². The molecule has 1 saturated carbocycles. The van der Waals surface area contributed by atoms with Crippen LogP contribution in [0.1, 0.15) is 44.1 Å². The summed E-state index contributed by atoms with van der Waals surface area (Å²) >= 11 is 0. The van der Waals surface area contributed by atoms with Gasteiger partial charge in [-0.25, -0.2) is 0 Å². The maximum Gasteiger partial charge on any atom is 0.269 e. The van der Waals surface area contributed by atoms with Crippen molar-refractivity contribution in [3.63, 3.8) is 0 Å². The first-order valence-corrected chi connectivity index (χ1v) is 7.91. The first-order valence-electron chi connectivity index (χ1n) is 7.91. The molecule has 1 unspecified atom stereocenters. The SMILES string of the molecule is O=C(NC1CCCCC1)C1CC(c2ccc([N+](=O)[O-])cc2)=NO1. The van der Waals surface area contributed by atoms with E-state index >= 15 is 0 Å². The number of carbonyl (C=O) groups excluding carboxylic acids is 1. The predicted octanol–water partition coefficient (Wildman–Crippen LogP) is 2.54. The largest absolute Gasteiger partial charge is 0.382 e. The van der Waals surface area contributed by atoms with E-state index in [9.17, 15) is 14.9 Å². The lowest BCUT2D eigenvalue weighted by Crippen LogP contribution is -2.42. The Balaban J connectivity index is 1.56.